The lowest BCUT2D eigenvalue weighted by Gasteiger charge is -2.15. The highest BCUT2D eigenvalue weighted by atomic mass is 16.5. The van der Waals surface area contributed by atoms with Gasteiger partial charge in [0.15, 0.2) is 0 Å². The van der Waals surface area contributed by atoms with Gasteiger partial charge in [-0.2, -0.15) is 0 Å². The molecule has 2 aromatic heterocycles. The molecule has 0 bridgehead atoms. The zero-order chi connectivity index (χ0) is 17.8. The summed E-state index contributed by atoms with van der Waals surface area (Å²) in [5, 5.41) is 13.1. The van der Waals surface area contributed by atoms with Gasteiger partial charge in [0, 0.05) is 23.6 Å². The van der Waals surface area contributed by atoms with E-state index >= 15 is 0 Å². The lowest BCUT2D eigenvalue weighted by atomic mass is 9.99. The zero-order valence-electron chi connectivity index (χ0n) is 14.4. The lowest BCUT2D eigenvalue weighted by Crippen LogP contribution is -2.02. The maximum atomic E-state index is 9.82. The van der Waals surface area contributed by atoms with E-state index in [-0.39, 0.29) is 6.10 Å². The molecule has 1 fully saturated rings. The first-order valence-electron chi connectivity index (χ1n) is 8.87. The summed E-state index contributed by atoms with van der Waals surface area (Å²) in [6.07, 6.45) is 5.85. The molecule has 5 heteroatoms. The molecule has 0 spiro atoms. The van der Waals surface area contributed by atoms with E-state index in [4.69, 9.17) is 4.74 Å². The van der Waals surface area contributed by atoms with Crippen LogP contribution in [0.1, 0.15) is 30.7 Å². The van der Waals surface area contributed by atoms with E-state index in [0.717, 1.165) is 42.1 Å². The van der Waals surface area contributed by atoms with Gasteiger partial charge in [0.05, 0.1) is 6.10 Å². The van der Waals surface area contributed by atoms with Crippen molar-refractivity contribution < 1.29 is 9.84 Å². The van der Waals surface area contributed by atoms with E-state index in [1.54, 1.807) is 12.4 Å². The van der Waals surface area contributed by atoms with Gasteiger partial charge in [-0.3, -0.25) is 0 Å². The Morgan fingerprint density at radius 2 is 1.77 bits per heavy atom. The van der Waals surface area contributed by atoms with Crippen molar-refractivity contribution in [2.24, 2.45) is 0 Å². The molecule has 132 valence electrons. The number of hydrogen-bond donors (Lipinski definition) is 2. The number of anilines is 2. The summed E-state index contributed by atoms with van der Waals surface area (Å²) >= 11 is 0. The van der Waals surface area contributed by atoms with Gasteiger partial charge < -0.3 is 15.2 Å². The Kier molecular flexibility index (Phi) is 4.80. The fourth-order valence-electron chi connectivity index (χ4n) is 3.34. The Morgan fingerprint density at radius 1 is 0.923 bits per heavy atom. The van der Waals surface area contributed by atoms with Crippen molar-refractivity contribution in [2.45, 2.75) is 31.3 Å². The molecule has 0 aliphatic heterocycles. The number of hydrogen-bond acceptors (Lipinski definition) is 5. The van der Waals surface area contributed by atoms with Gasteiger partial charge in [0.1, 0.15) is 11.6 Å². The van der Waals surface area contributed by atoms with Crippen molar-refractivity contribution in [1.82, 2.24) is 9.97 Å². The lowest BCUT2D eigenvalue weighted by molar-refractivity contribution is 0.181. The number of nitrogens with one attached hydrogen (secondary N) is 1. The molecule has 2 heterocycles. The summed E-state index contributed by atoms with van der Waals surface area (Å²) in [6.45, 7) is 0. The fourth-order valence-corrected chi connectivity index (χ4v) is 3.34. The van der Waals surface area contributed by atoms with E-state index in [1.807, 2.05) is 54.6 Å². The molecule has 0 saturated heterocycles. The average Bonchev–Trinajstić information content (AvgIpc) is 3.11. The highest BCUT2D eigenvalue weighted by Crippen LogP contribution is 2.39. The van der Waals surface area contributed by atoms with Gasteiger partial charge in [0.25, 0.3) is 0 Å². The van der Waals surface area contributed by atoms with Crippen LogP contribution in [0.15, 0.2) is 67.0 Å². The van der Waals surface area contributed by atoms with Crippen LogP contribution < -0.4 is 10.1 Å². The predicted molar refractivity (Wildman–Crippen MR) is 101 cm³/mol. The molecule has 1 aromatic carbocycles. The second-order valence-electron chi connectivity index (χ2n) is 6.53. The van der Waals surface area contributed by atoms with Crippen LogP contribution in [0.2, 0.25) is 0 Å². The van der Waals surface area contributed by atoms with Gasteiger partial charge in [-0.1, -0.05) is 12.1 Å². The minimum atomic E-state index is -0.218. The molecule has 4 rings (SSSR count). The standard InChI is InChI=1S/C21H21N3O2/c25-17-9-6-15(14-17)19-4-3-13-23-21(19)26-18-10-7-16(8-11-18)24-20-5-1-2-12-22-20/h1-5,7-8,10-13,15,17,25H,6,9,14H2,(H,22,24)/t15-,17-/m0/s1. The number of aliphatic hydroxyl groups excluding tert-OH is 1. The summed E-state index contributed by atoms with van der Waals surface area (Å²) in [7, 11) is 0. The van der Waals surface area contributed by atoms with Crippen LogP contribution in [0.25, 0.3) is 0 Å². The van der Waals surface area contributed by atoms with Gasteiger partial charge >= 0.3 is 0 Å². The third kappa shape index (κ3) is 3.83. The Bertz CT molecular complexity index is 853. The zero-order valence-corrected chi connectivity index (χ0v) is 14.4. The highest BCUT2D eigenvalue weighted by molar-refractivity contribution is 5.57. The van der Waals surface area contributed by atoms with Gasteiger partial charge in [-0.05, 0) is 67.6 Å². The number of aromatic nitrogens is 2. The van der Waals surface area contributed by atoms with E-state index < -0.39 is 0 Å². The number of ether oxygens (including phenoxy) is 1. The molecular formula is C21H21N3O2. The van der Waals surface area contributed by atoms with Gasteiger partial charge in [0.2, 0.25) is 5.88 Å². The van der Waals surface area contributed by atoms with Crippen LogP contribution >= 0.6 is 0 Å². The summed E-state index contributed by atoms with van der Waals surface area (Å²) in [5.41, 5.74) is 2.01. The van der Waals surface area contributed by atoms with E-state index in [2.05, 4.69) is 15.3 Å². The van der Waals surface area contributed by atoms with E-state index in [9.17, 15) is 5.11 Å². The number of nitrogens with zero attached hydrogens (tertiary/aromatic N) is 2. The maximum Gasteiger partial charge on any atom is 0.222 e. The van der Waals surface area contributed by atoms with Crippen molar-refractivity contribution in [3.05, 3.63) is 72.6 Å². The molecule has 3 aromatic rings. The molecule has 26 heavy (non-hydrogen) atoms. The van der Waals surface area contributed by atoms with Crippen LogP contribution in [0, 0.1) is 0 Å². The van der Waals surface area contributed by atoms with Crippen LogP contribution in [-0.2, 0) is 0 Å². The maximum absolute atomic E-state index is 9.82. The number of pyridine rings is 2. The summed E-state index contributed by atoms with van der Waals surface area (Å²) in [4.78, 5) is 8.66. The van der Waals surface area contributed by atoms with Crippen molar-refractivity contribution in [3.63, 3.8) is 0 Å². The van der Waals surface area contributed by atoms with Crippen molar-refractivity contribution >= 4 is 11.5 Å². The predicted octanol–water partition coefficient (Wildman–Crippen LogP) is 4.64. The average molecular weight is 347 g/mol. The second-order valence-corrected chi connectivity index (χ2v) is 6.53. The van der Waals surface area contributed by atoms with Gasteiger partial charge in [-0.15, -0.1) is 0 Å². The quantitative estimate of drug-likeness (QED) is 0.704. The topological polar surface area (TPSA) is 67.3 Å². The van der Waals surface area contributed by atoms with E-state index in [0.29, 0.717) is 11.8 Å². The first-order chi connectivity index (χ1) is 12.8. The van der Waals surface area contributed by atoms with Crippen LogP contribution in [-0.4, -0.2) is 21.2 Å². The minimum Gasteiger partial charge on any atom is -0.439 e. The van der Waals surface area contributed by atoms with Crippen molar-refractivity contribution in [2.75, 3.05) is 5.32 Å². The molecular weight excluding hydrogens is 326 g/mol. The summed E-state index contributed by atoms with van der Waals surface area (Å²) in [6, 6.07) is 17.4. The molecule has 2 N–H and O–H groups in total. The first-order valence-corrected chi connectivity index (χ1v) is 8.87. The Balaban J connectivity index is 1.48. The largest absolute Gasteiger partial charge is 0.439 e. The molecule has 1 aliphatic rings. The normalized spacial score (nSPS) is 19.3. The molecule has 0 amide bonds. The Hall–Kier alpha value is -2.92. The van der Waals surface area contributed by atoms with Crippen LogP contribution in [0.3, 0.4) is 0 Å². The number of aliphatic hydroxyl groups is 1. The number of rotatable bonds is 5. The molecule has 1 saturated carbocycles. The third-order valence-corrected chi connectivity index (χ3v) is 4.65. The molecule has 2 atom stereocenters. The number of benzene rings is 1. The molecule has 5 nitrogen and oxygen atoms in total. The molecule has 1 aliphatic carbocycles. The monoisotopic (exact) mass is 347 g/mol. The minimum absolute atomic E-state index is 0.218. The van der Waals surface area contributed by atoms with Gasteiger partial charge in [-0.25, -0.2) is 9.97 Å². The fraction of sp³-hybridized carbons (Fsp3) is 0.238. The smallest absolute Gasteiger partial charge is 0.222 e. The first kappa shape index (κ1) is 16.5. The Morgan fingerprint density at radius 3 is 2.50 bits per heavy atom. The Labute approximate surface area is 152 Å². The second kappa shape index (κ2) is 7.54. The third-order valence-electron chi connectivity index (χ3n) is 4.65. The van der Waals surface area contributed by atoms with E-state index in [1.165, 1.54) is 0 Å². The van der Waals surface area contributed by atoms with Crippen LogP contribution in [0.4, 0.5) is 11.5 Å². The SMILES string of the molecule is O[C@H]1CC[C@H](c2cccnc2Oc2ccc(Nc3ccccn3)cc2)C1. The highest BCUT2D eigenvalue weighted by Gasteiger charge is 2.27. The molecule has 0 radical (unpaired) electrons. The van der Waals surface area contributed by atoms with Crippen LogP contribution in [0.5, 0.6) is 11.6 Å². The molecule has 0 unspecified atom stereocenters. The summed E-state index contributed by atoms with van der Waals surface area (Å²) < 4.78 is 6.03. The summed E-state index contributed by atoms with van der Waals surface area (Å²) in [5.74, 6) is 2.46. The van der Waals surface area contributed by atoms with Crippen molar-refractivity contribution in [1.29, 1.82) is 0 Å². The van der Waals surface area contributed by atoms with Crippen molar-refractivity contribution in [3.8, 4) is 11.6 Å².